The van der Waals surface area contributed by atoms with E-state index in [0.29, 0.717) is 17.3 Å². The lowest BCUT2D eigenvalue weighted by Crippen LogP contribution is -1.85. The van der Waals surface area contributed by atoms with Crippen molar-refractivity contribution in [2.45, 2.75) is 12.8 Å². The van der Waals surface area contributed by atoms with Gasteiger partial charge in [0.15, 0.2) is 0 Å². The summed E-state index contributed by atoms with van der Waals surface area (Å²) < 4.78 is 10.5. The molecule has 0 atom stereocenters. The average molecular weight is 224 g/mol. The van der Waals surface area contributed by atoms with Gasteiger partial charge in [0.1, 0.15) is 12.0 Å². The first-order valence-electron chi connectivity index (χ1n) is 4.53. The third kappa shape index (κ3) is 2.50. The zero-order valence-corrected chi connectivity index (χ0v) is 8.99. The van der Waals surface area contributed by atoms with Crippen LogP contribution in [0, 0.1) is 6.92 Å². The number of rotatable bonds is 3. The van der Waals surface area contributed by atoms with Crippen molar-refractivity contribution in [3.63, 3.8) is 0 Å². The summed E-state index contributed by atoms with van der Waals surface area (Å²) in [5.74, 6) is 1.03. The summed E-state index contributed by atoms with van der Waals surface area (Å²) in [6, 6.07) is 7.66. The molecule has 0 amide bonds. The highest BCUT2D eigenvalue weighted by Crippen LogP contribution is 2.21. The van der Waals surface area contributed by atoms with Gasteiger partial charge in [-0.1, -0.05) is 12.1 Å². The zero-order valence-electron chi connectivity index (χ0n) is 8.24. The Morgan fingerprint density at radius 2 is 2.33 bits per heavy atom. The molecule has 4 heteroatoms. The van der Waals surface area contributed by atoms with Gasteiger partial charge < -0.3 is 9.15 Å². The Hall–Kier alpha value is -1.48. The minimum absolute atomic E-state index is 0.219. The van der Waals surface area contributed by atoms with Crippen LogP contribution in [0.15, 0.2) is 34.9 Å². The maximum absolute atomic E-state index is 5.59. The number of aromatic nitrogens is 1. The first kappa shape index (κ1) is 10.1. The van der Waals surface area contributed by atoms with Crippen LogP contribution in [0.1, 0.15) is 11.3 Å². The summed E-state index contributed by atoms with van der Waals surface area (Å²) in [6.07, 6.45) is 1.70. The summed E-state index contributed by atoms with van der Waals surface area (Å²) in [5, 5.41) is 0. The van der Waals surface area contributed by atoms with E-state index in [1.165, 1.54) is 6.26 Å². The molecule has 0 saturated carbocycles. The number of alkyl halides is 1. The molecule has 1 aromatic carbocycles. The van der Waals surface area contributed by atoms with Gasteiger partial charge in [-0.05, 0) is 24.6 Å². The quantitative estimate of drug-likeness (QED) is 0.747. The van der Waals surface area contributed by atoms with Crippen molar-refractivity contribution in [3.8, 4) is 11.8 Å². The molecule has 0 unspecified atom stereocenters. The molecule has 2 aromatic rings. The van der Waals surface area contributed by atoms with Crippen molar-refractivity contribution in [2.75, 3.05) is 0 Å². The second kappa shape index (κ2) is 4.36. The van der Waals surface area contributed by atoms with Gasteiger partial charge in [-0.15, -0.1) is 11.6 Å². The number of hydrogen-bond acceptors (Lipinski definition) is 3. The lowest BCUT2D eigenvalue weighted by atomic mass is 10.2. The number of oxazole rings is 1. The molecular formula is C11H10ClNO2. The van der Waals surface area contributed by atoms with Crippen LogP contribution >= 0.6 is 11.6 Å². The van der Waals surface area contributed by atoms with Crippen LogP contribution in [0.25, 0.3) is 0 Å². The summed E-state index contributed by atoms with van der Waals surface area (Å²) in [5.41, 5.74) is 1.79. The second-order valence-electron chi connectivity index (χ2n) is 3.16. The largest absolute Gasteiger partial charge is 0.417 e. The van der Waals surface area contributed by atoms with Crippen LogP contribution in [0.5, 0.6) is 11.8 Å². The standard InChI is InChI=1S/C11H10ClNO2/c1-8-3-2-4-10(5-8)15-11-13-9(6-12)7-14-11/h2-5,7H,6H2,1H3. The normalized spacial score (nSPS) is 10.3. The van der Waals surface area contributed by atoms with Crippen LogP contribution in [-0.4, -0.2) is 4.98 Å². The molecule has 0 bridgehead atoms. The summed E-state index contributed by atoms with van der Waals surface area (Å²) >= 11 is 5.59. The smallest absolute Gasteiger partial charge is 0.399 e. The molecule has 0 aliphatic carbocycles. The summed E-state index contributed by atoms with van der Waals surface area (Å²) in [4.78, 5) is 4.03. The number of benzene rings is 1. The van der Waals surface area contributed by atoms with E-state index in [-0.39, 0.29) is 6.08 Å². The monoisotopic (exact) mass is 223 g/mol. The molecule has 1 aromatic heterocycles. The molecule has 1 heterocycles. The fraction of sp³-hybridized carbons (Fsp3) is 0.182. The van der Waals surface area contributed by atoms with Crippen LogP contribution in [0.2, 0.25) is 0 Å². The van der Waals surface area contributed by atoms with Gasteiger partial charge >= 0.3 is 6.08 Å². The lowest BCUT2D eigenvalue weighted by molar-refractivity contribution is 0.330. The third-order valence-corrected chi connectivity index (χ3v) is 2.14. The highest BCUT2D eigenvalue weighted by molar-refractivity contribution is 6.16. The van der Waals surface area contributed by atoms with Crippen LogP contribution in [0.4, 0.5) is 0 Å². The first-order valence-corrected chi connectivity index (χ1v) is 5.06. The van der Waals surface area contributed by atoms with Gasteiger partial charge in [-0.3, -0.25) is 0 Å². The Labute approximate surface area is 92.6 Å². The lowest BCUT2D eigenvalue weighted by Gasteiger charge is -2.00. The van der Waals surface area contributed by atoms with Crippen molar-refractivity contribution < 1.29 is 9.15 Å². The van der Waals surface area contributed by atoms with E-state index in [2.05, 4.69) is 4.98 Å². The minimum atomic E-state index is 0.219. The summed E-state index contributed by atoms with van der Waals surface area (Å²) in [6.45, 7) is 1.99. The van der Waals surface area contributed by atoms with Gasteiger partial charge in [0.05, 0.1) is 11.6 Å². The van der Waals surface area contributed by atoms with E-state index in [0.717, 1.165) is 5.56 Å². The first-order chi connectivity index (χ1) is 7.28. The summed E-state index contributed by atoms with van der Waals surface area (Å²) in [7, 11) is 0. The maximum Gasteiger partial charge on any atom is 0.399 e. The van der Waals surface area contributed by atoms with Gasteiger partial charge in [-0.2, -0.15) is 4.98 Å². The topological polar surface area (TPSA) is 35.3 Å². The second-order valence-corrected chi connectivity index (χ2v) is 3.42. The Kier molecular flexibility index (Phi) is 2.92. The van der Waals surface area contributed by atoms with Crippen molar-refractivity contribution in [2.24, 2.45) is 0 Å². The Bertz CT molecular complexity index is 453. The van der Waals surface area contributed by atoms with E-state index >= 15 is 0 Å². The molecule has 0 radical (unpaired) electrons. The Morgan fingerprint density at radius 3 is 3.00 bits per heavy atom. The zero-order chi connectivity index (χ0) is 10.7. The van der Waals surface area contributed by atoms with E-state index in [1.807, 2.05) is 31.2 Å². The number of nitrogens with zero attached hydrogens (tertiary/aromatic N) is 1. The minimum Gasteiger partial charge on any atom is -0.417 e. The molecule has 0 fully saturated rings. The predicted octanol–water partition coefficient (Wildman–Crippen LogP) is 3.51. The number of halogens is 1. The highest BCUT2D eigenvalue weighted by atomic mass is 35.5. The molecule has 2 rings (SSSR count). The van der Waals surface area contributed by atoms with Crippen LogP contribution in [-0.2, 0) is 5.88 Å². The van der Waals surface area contributed by atoms with Crippen molar-refractivity contribution in [3.05, 3.63) is 41.8 Å². The molecule has 0 N–H and O–H groups in total. The molecular weight excluding hydrogens is 214 g/mol. The molecule has 78 valence electrons. The molecule has 15 heavy (non-hydrogen) atoms. The fourth-order valence-electron chi connectivity index (χ4n) is 1.18. The number of hydrogen-bond donors (Lipinski definition) is 0. The van der Waals surface area contributed by atoms with Crippen molar-refractivity contribution >= 4 is 11.6 Å². The van der Waals surface area contributed by atoms with E-state index < -0.39 is 0 Å². The van der Waals surface area contributed by atoms with Gasteiger partial charge in [0, 0.05) is 0 Å². The van der Waals surface area contributed by atoms with Crippen LogP contribution < -0.4 is 4.74 Å². The molecule has 0 spiro atoms. The van der Waals surface area contributed by atoms with Gasteiger partial charge in [0.25, 0.3) is 0 Å². The van der Waals surface area contributed by atoms with E-state index in [1.54, 1.807) is 0 Å². The molecule has 3 nitrogen and oxygen atoms in total. The molecule has 0 aliphatic heterocycles. The third-order valence-electron chi connectivity index (χ3n) is 1.86. The van der Waals surface area contributed by atoms with Crippen molar-refractivity contribution in [1.82, 2.24) is 4.98 Å². The van der Waals surface area contributed by atoms with Crippen LogP contribution in [0.3, 0.4) is 0 Å². The molecule has 0 aliphatic rings. The molecule has 0 saturated heterocycles. The predicted molar refractivity (Wildman–Crippen MR) is 57.3 cm³/mol. The number of ether oxygens (including phenoxy) is 1. The van der Waals surface area contributed by atoms with Gasteiger partial charge in [-0.25, -0.2) is 0 Å². The Balaban J connectivity index is 2.14. The van der Waals surface area contributed by atoms with E-state index in [4.69, 9.17) is 20.8 Å². The fourth-order valence-corrected chi connectivity index (χ4v) is 1.30. The average Bonchev–Trinajstić information content (AvgIpc) is 2.65. The Morgan fingerprint density at radius 1 is 1.47 bits per heavy atom. The number of aryl methyl sites for hydroxylation is 1. The maximum atomic E-state index is 5.59. The van der Waals surface area contributed by atoms with E-state index in [9.17, 15) is 0 Å². The van der Waals surface area contributed by atoms with Crippen molar-refractivity contribution in [1.29, 1.82) is 0 Å². The SMILES string of the molecule is Cc1cccc(Oc2nc(CCl)co2)c1. The highest BCUT2D eigenvalue weighted by Gasteiger charge is 2.05. The van der Waals surface area contributed by atoms with Gasteiger partial charge in [0.2, 0.25) is 0 Å².